The van der Waals surface area contributed by atoms with Crippen LogP contribution in [0.25, 0.3) is 16.7 Å². The van der Waals surface area contributed by atoms with Crippen LogP contribution in [-0.4, -0.2) is 47.3 Å². The average Bonchev–Trinajstić information content (AvgIpc) is 3.17. The van der Waals surface area contributed by atoms with E-state index in [1.54, 1.807) is 13.3 Å². The number of aliphatic imine (C=N–C) groups is 1. The fraction of sp³-hybridized carbons (Fsp3) is 0.286. The normalized spacial score (nSPS) is 14.3. The Bertz CT molecular complexity index is 985. The Morgan fingerprint density at radius 1 is 1.15 bits per heavy atom. The standard InChI is InChI=1S/C21H22N4O2/c1-22-19-17-10-13-25(15-6-8-16(27-2)9-7-15)20(17)23-14-18(19)21(26)24-11-4-3-5-12-24/h6-10,13-14H,1,3-5,11-12H2,2H3. The molecule has 3 aromatic rings. The van der Waals surface area contributed by atoms with Gasteiger partial charge in [0.25, 0.3) is 5.91 Å². The fourth-order valence-electron chi connectivity index (χ4n) is 3.62. The number of likely N-dealkylation sites (tertiary alicyclic amines) is 1. The van der Waals surface area contributed by atoms with Crippen molar-refractivity contribution in [1.29, 1.82) is 0 Å². The first-order valence-electron chi connectivity index (χ1n) is 9.13. The van der Waals surface area contributed by atoms with Crippen LogP contribution in [0, 0.1) is 0 Å². The Hall–Kier alpha value is -3.15. The lowest BCUT2D eigenvalue weighted by atomic mass is 10.1. The monoisotopic (exact) mass is 362 g/mol. The van der Waals surface area contributed by atoms with Crippen molar-refractivity contribution < 1.29 is 9.53 Å². The SMILES string of the molecule is C=Nc1c(C(=O)N2CCCCC2)cnc2c1ccn2-c1ccc(OC)cc1. The van der Waals surface area contributed by atoms with Gasteiger partial charge in [-0.25, -0.2) is 4.98 Å². The number of hydrogen-bond acceptors (Lipinski definition) is 4. The second-order valence-corrected chi connectivity index (χ2v) is 6.65. The van der Waals surface area contributed by atoms with Gasteiger partial charge in [0.1, 0.15) is 11.4 Å². The Morgan fingerprint density at radius 3 is 2.56 bits per heavy atom. The van der Waals surface area contributed by atoms with E-state index in [9.17, 15) is 4.79 Å². The Labute approximate surface area is 158 Å². The minimum atomic E-state index is -0.0105. The van der Waals surface area contributed by atoms with Gasteiger partial charge in [0.2, 0.25) is 0 Å². The van der Waals surface area contributed by atoms with Gasteiger partial charge in [0.05, 0.1) is 18.4 Å². The number of amides is 1. The number of methoxy groups -OCH3 is 1. The van der Waals surface area contributed by atoms with Crippen LogP contribution in [0.2, 0.25) is 0 Å². The van der Waals surface area contributed by atoms with Crippen LogP contribution in [0.3, 0.4) is 0 Å². The van der Waals surface area contributed by atoms with E-state index in [2.05, 4.69) is 16.7 Å². The molecule has 0 atom stereocenters. The number of benzene rings is 1. The zero-order valence-corrected chi connectivity index (χ0v) is 15.4. The zero-order chi connectivity index (χ0) is 18.8. The topological polar surface area (TPSA) is 59.7 Å². The van der Waals surface area contributed by atoms with Crippen LogP contribution < -0.4 is 4.74 Å². The minimum absolute atomic E-state index is 0.0105. The number of nitrogens with zero attached hydrogens (tertiary/aromatic N) is 4. The molecule has 0 bridgehead atoms. The van der Waals surface area contributed by atoms with E-state index in [-0.39, 0.29) is 5.91 Å². The second kappa shape index (κ2) is 7.23. The van der Waals surface area contributed by atoms with Crippen molar-refractivity contribution in [2.75, 3.05) is 20.2 Å². The molecule has 0 unspecified atom stereocenters. The first kappa shape index (κ1) is 17.3. The molecule has 138 valence electrons. The predicted molar refractivity (Wildman–Crippen MR) is 107 cm³/mol. The van der Waals surface area contributed by atoms with Crippen molar-refractivity contribution in [1.82, 2.24) is 14.5 Å². The summed E-state index contributed by atoms with van der Waals surface area (Å²) in [6, 6.07) is 9.68. The molecule has 1 aromatic carbocycles. The van der Waals surface area contributed by atoms with E-state index >= 15 is 0 Å². The first-order chi connectivity index (χ1) is 13.2. The number of carbonyl (C=O) groups excluding carboxylic acids is 1. The highest BCUT2D eigenvalue weighted by Crippen LogP contribution is 2.32. The minimum Gasteiger partial charge on any atom is -0.497 e. The summed E-state index contributed by atoms with van der Waals surface area (Å²) in [5.74, 6) is 0.787. The van der Waals surface area contributed by atoms with Gasteiger partial charge in [-0.15, -0.1) is 0 Å². The van der Waals surface area contributed by atoms with Crippen molar-refractivity contribution in [3.05, 3.63) is 48.3 Å². The number of piperidine rings is 1. The molecular weight excluding hydrogens is 340 g/mol. The maximum absolute atomic E-state index is 12.9. The number of aromatic nitrogens is 2. The van der Waals surface area contributed by atoms with Crippen LogP contribution in [0.5, 0.6) is 5.75 Å². The number of hydrogen-bond donors (Lipinski definition) is 0. The molecule has 0 N–H and O–H groups in total. The van der Waals surface area contributed by atoms with Crippen molar-refractivity contribution in [2.45, 2.75) is 19.3 Å². The lowest BCUT2D eigenvalue weighted by Gasteiger charge is -2.27. The zero-order valence-electron chi connectivity index (χ0n) is 15.4. The van der Waals surface area contributed by atoms with Gasteiger partial charge in [-0.3, -0.25) is 9.79 Å². The Kier molecular flexibility index (Phi) is 4.62. The van der Waals surface area contributed by atoms with Crippen LogP contribution in [-0.2, 0) is 0 Å². The second-order valence-electron chi connectivity index (χ2n) is 6.65. The molecule has 0 radical (unpaired) electrons. The molecule has 6 nitrogen and oxygen atoms in total. The number of rotatable bonds is 4. The lowest BCUT2D eigenvalue weighted by Crippen LogP contribution is -2.35. The number of fused-ring (bicyclic) bond motifs is 1. The van der Waals surface area contributed by atoms with Crippen molar-refractivity contribution in [2.24, 2.45) is 4.99 Å². The van der Waals surface area contributed by atoms with Gasteiger partial charge in [0.15, 0.2) is 0 Å². The van der Waals surface area contributed by atoms with Gasteiger partial charge < -0.3 is 14.2 Å². The highest BCUT2D eigenvalue weighted by molar-refractivity contribution is 6.06. The Morgan fingerprint density at radius 2 is 1.89 bits per heavy atom. The van der Waals surface area contributed by atoms with Crippen molar-refractivity contribution in [3.8, 4) is 11.4 Å². The van der Waals surface area contributed by atoms with E-state index in [4.69, 9.17) is 4.74 Å². The fourth-order valence-corrected chi connectivity index (χ4v) is 3.62. The summed E-state index contributed by atoms with van der Waals surface area (Å²) in [5.41, 5.74) is 2.83. The molecule has 1 saturated heterocycles. The Balaban J connectivity index is 1.76. The smallest absolute Gasteiger partial charge is 0.257 e. The van der Waals surface area contributed by atoms with Crippen LogP contribution in [0.4, 0.5) is 5.69 Å². The predicted octanol–water partition coefficient (Wildman–Crippen LogP) is 3.99. The molecule has 27 heavy (non-hydrogen) atoms. The first-order valence-corrected chi connectivity index (χ1v) is 9.13. The number of pyridine rings is 1. The van der Waals surface area contributed by atoms with E-state index in [0.29, 0.717) is 11.3 Å². The van der Waals surface area contributed by atoms with Gasteiger partial charge in [0, 0.05) is 36.6 Å². The number of carbonyl (C=O) groups is 1. The molecule has 1 amide bonds. The molecule has 6 heteroatoms. The maximum atomic E-state index is 12.9. The third kappa shape index (κ3) is 3.07. The average molecular weight is 362 g/mol. The van der Waals surface area contributed by atoms with E-state index < -0.39 is 0 Å². The summed E-state index contributed by atoms with van der Waals surface area (Å²) in [4.78, 5) is 23.6. The van der Waals surface area contributed by atoms with Crippen LogP contribution in [0.15, 0.2) is 47.7 Å². The largest absolute Gasteiger partial charge is 0.497 e. The van der Waals surface area contributed by atoms with Crippen molar-refractivity contribution in [3.63, 3.8) is 0 Å². The summed E-state index contributed by atoms with van der Waals surface area (Å²) >= 11 is 0. The molecule has 1 fully saturated rings. The van der Waals surface area contributed by atoms with Gasteiger partial charge in [-0.05, 0) is 56.3 Å². The van der Waals surface area contributed by atoms with Crippen LogP contribution >= 0.6 is 0 Å². The third-order valence-corrected chi connectivity index (χ3v) is 5.07. The lowest BCUT2D eigenvalue weighted by molar-refractivity contribution is 0.0725. The quantitative estimate of drug-likeness (QED) is 0.659. The molecular formula is C21H22N4O2. The summed E-state index contributed by atoms with van der Waals surface area (Å²) in [5, 5.41) is 0.823. The van der Waals surface area contributed by atoms with E-state index in [0.717, 1.165) is 48.4 Å². The van der Waals surface area contributed by atoms with Gasteiger partial charge >= 0.3 is 0 Å². The molecule has 0 spiro atoms. The molecule has 0 aliphatic carbocycles. The third-order valence-electron chi connectivity index (χ3n) is 5.07. The molecule has 1 aliphatic heterocycles. The number of ether oxygens (including phenoxy) is 1. The highest BCUT2D eigenvalue weighted by atomic mass is 16.5. The summed E-state index contributed by atoms with van der Waals surface area (Å²) in [6.07, 6.45) is 6.84. The van der Waals surface area contributed by atoms with E-state index in [1.165, 1.54) is 6.42 Å². The summed E-state index contributed by atoms with van der Waals surface area (Å²) in [6.45, 7) is 5.28. The molecule has 0 saturated carbocycles. The molecule has 2 aromatic heterocycles. The molecule has 1 aliphatic rings. The van der Waals surface area contributed by atoms with Crippen molar-refractivity contribution >= 4 is 29.3 Å². The van der Waals surface area contributed by atoms with Crippen LogP contribution in [0.1, 0.15) is 29.6 Å². The summed E-state index contributed by atoms with van der Waals surface area (Å²) < 4.78 is 7.19. The highest BCUT2D eigenvalue weighted by Gasteiger charge is 2.23. The maximum Gasteiger partial charge on any atom is 0.257 e. The molecule has 3 heterocycles. The molecule has 4 rings (SSSR count). The van der Waals surface area contributed by atoms with E-state index in [1.807, 2.05) is 46.0 Å². The van der Waals surface area contributed by atoms with Gasteiger partial charge in [-0.2, -0.15) is 0 Å². The van der Waals surface area contributed by atoms with Gasteiger partial charge in [-0.1, -0.05) is 0 Å². The summed E-state index contributed by atoms with van der Waals surface area (Å²) in [7, 11) is 1.64.